The van der Waals surface area contributed by atoms with Gasteiger partial charge in [-0.3, -0.25) is 5.43 Å². The van der Waals surface area contributed by atoms with Crippen LogP contribution in [0.3, 0.4) is 0 Å². The number of hydrazone groups is 1. The normalized spacial score (nSPS) is 11.1. The van der Waals surface area contributed by atoms with Crippen LogP contribution in [0.5, 0.6) is 0 Å². The van der Waals surface area contributed by atoms with Gasteiger partial charge >= 0.3 is 5.97 Å². The van der Waals surface area contributed by atoms with Gasteiger partial charge in [0.25, 0.3) is 0 Å². The number of anilines is 1. The fraction of sp³-hybridized carbons (Fsp3) is 0.111. The molecule has 0 radical (unpaired) electrons. The minimum absolute atomic E-state index is 0.234. The van der Waals surface area contributed by atoms with Gasteiger partial charge in [0.1, 0.15) is 11.6 Å². The fourth-order valence-electron chi connectivity index (χ4n) is 0.822. The lowest BCUT2D eigenvalue weighted by atomic mass is 10.3. The second-order valence-corrected chi connectivity index (χ2v) is 2.99. The Morgan fingerprint density at radius 3 is 2.81 bits per heavy atom. The van der Waals surface area contributed by atoms with E-state index in [1.807, 2.05) is 0 Å². The van der Waals surface area contributed by atoms with Crippen LogP contribution >= 0.6 is 11.6 Å². The van der Waals surface area contributed by atoms with Crippen LogP contribution < -0.4 is 5.43 Å². The number of carbonyl (C=O) groups is 1. The molecule has 0 aromatic heterocycles. The van der Waals surface area contributed by atoms with Crippen LogP contribution in [0.25, 0.3) is 0 Å². The molecule has 4 nitrogen and oxygen atoms in total. The molecule has 1 N–H and O–H groups in total. The van der Waals surface area contributed by atoms with Crippen molar-refractivity contribution < 1.29 is 18.3 Å². The molecule has 7 heteroatoms. The molecule has 0 aliphatic rings. The molecule has 0 saturated heterocycles. The van der Waals surface area contributed by atoms with E-state index in [-0.39, 0.29) is 5.69 Å². The molecule has 1 aromatic rings. The minimum atomic E-state index is -0.883. The number of hydrogen-bond acceptors (Lipinski definition) is 4. The molecule has 0 unspecified atom stereocenters. The summed E-state index contributed by atoms with van der Waals surface area (Å²) in [6.07, 6.45) is 0. The molecule has 1 aromatic carbocycles. The van der Waals surface area contributed by atoms with E-state index >= 15 is 0 Å². The van der Waals surface area contributed by atoms with Gasteiger partial charge in [-0.2, -0.15) is 5.10 Å². The summed E-state index contributed by atoms with van der Waals surface area (Å²) in [4.78, 5) is 10.8. The molecular weight excluding hydrogens is 242 g/mol. The number of rotatable bonds is 3. The Morgan fingerprint density at radius 1 is 1.50 bits per heavy atom. The number of nitrogens with one attached hydrogen (secondary N) is 1. The predicted octanol–water partition coefficient (Wildman–Crippen LogP) is 2.10. The third kappa shape index (κ3) is 3.16. The maximum absolute atomic E-state index is 13.0. The number of methoxy groups -OCH3 is 1. The summed E-state index contributed by atoms with van der Waals surface area (Å²) in [5.41, 5.74) is 1.87. The Bertz CT molecular complexity index is 438. The van der Waals surface area contributed by atoms with Crippen LogP contribution in [0.2, 0.25) is 0 Å². The van der Waals surface area contributed by atoms with Gasteiger partial charge in [-0.25, -0.2) is 13.6 Å². The molecule has 0 heterocycles. The van der Waals surface area contributed by atoms with Crippen LogP contribution in [0.1, 0.15) is 0 Å². The first kappa shape index (κ1) is 12.4. The highest BCUT2D eigenvalue weighted by Gasteiger charge is 2.08. The summed E-state index contributed by atoms with van der Waals surface area (Å²) < 4.78 is 30.0. The second-order valence-electron chi connectivity index (χ2n) is 2.63. The highest BCUT2D eigenvalue weighted by atomic mass is 35.5. The van der Waals surface area contributed by atoms with E-state index < -0.39 is 22.8 Å². The van der Waals surface area contributed by atoms with E-state index in [9.17, 15) is 13.6 Å². The van der Waals surface area contributed by atoms with Crippen molar-refractivity contribution in [3.8, 4) is 0 Å². The first-order chi connectivity index (χ1) is 7.54. The zero-order valence-electron chi connectivity index (χ0n) is 8.13. The maximum Gasteiger partial charge on any atom is 0.370 e. The third-order valence-corrected chi connectivity index (χ3v) is 1.80. The number of hydrogen-bond donors (Lipinski definition) is 1. The van der Waals surface area contributed by atoms with Crippen molar-refractivity contribution in [2.75, 3.05) is 12.5 Å². The molecule has 0 aliphatic carbocycles. The van der Waals surface area contributed by atoms with Crippen LogP contribution in [0.4, 0.5) is 14.5 Å². The van der Waals surface area contributed by atoms with Gasteiger partial charge in [0.2, 0.25) is 5.17 Å². The average molecular weight is 249 g/mol. The van der Waals surface area contributed by atoms with Crippen molar-refractivity contribution in [2.45, 2.75) is 0 Å². The van der Waals surface area contributed by atoms with Crippen LogP contribution in [0, 0.1) is 11.6 Å². The van der Waals surface area contributed by atoms with E-state index in [4.69, 9.17) is 11.6 Å². The average Bonchev–Trinajstić information content (AvgIpc) is 2.28. The quantitative estimate of drug-likeness (QED) is 0.506. The zero-order chi connectivity index (χ0) is 12.1. The SMILES string of the molecule is COC(=O)/C(Cl)=N\Nc1cc(F)ccc1F. The van der Waals surface area contributed by atoms with Gasteiger partial charge in [-0.05, 0) is 12.1 Å². The number of benzene rings is 1. The molecule has 0 aliphatic heterocycles. The van der Waals surface area contributed by atoms with Gasteiger partial charge in [0, 0.05) is 6.07 Å². The van der Waals surface area contributed by atoms with E-state index in [0.717, 1.165) is 25.3 Å². The number of esters is 1. The molecule has 0 saturated carbocycles. The van der Waals surface area contributed by atoms with E-state index in [0.29, 0.717) is 0 Å². The summed E-state index contributed by atoms with van der Waals surface area (Å²) >= 11 is 5.37. The van der Waals surface area contributed by atoms with E-state index in [1.54, 1.807) is 0 Å². The van der Waals surface area contributed by atoms with Crippen molar-refractivity contribution in [1.29, 1.82) is 0 Å². The Hall–Kier alpha value is -1.69. The highest BCUT2D eigenvalue weighted by Crippen LogP contribution is 2.15. The molecule has 0 atom stereocenters. The molecule has 16 heavy (non-hydrogen) atoms. The molecule has 0 spiro atoms. The summed E-state index contributed by atoms with van der Waals surface area (Å²) in [6, 6.07) is 2.74. The van der Waals surface area contributed by atoms with Gasteiger partial charge in [-0.1, -0.05) is 11.6 Å². The lowest BCUT2D eigenvalue weighted by molar-refractivity contribution is -0.132. The number of nitrogens with zero attached hydrogens (tertiary/aromatic N) is 1. The number of carbonyl (C=O) groups excluding carboxylic acids is 1. The van der Waals surface area contributed by atoms with Crippen molar-refractivity contribution >= 4 is 28.4 Å². The zero-order valence-corrected chi connectivity index (χ0v) is 8.89. The van der Waals surface area contributed by atoms with Crippen molar-refractivity contribution in [3.05, 3.63) is 29.8 Å². The Morgan fingerprint density at radius 2 is 2.19 bits per heavy atom. The molecule has 0 amide bonds. The summed E-state index contributed by atoms with van der Waals surface area (Å²) in [5, 5.41) is 2.80. The molecule has 0 bridgehead atoms. The molecule has 0 fully saturated rings. The fourth-order valence-corrected chi connectivity index (χ4v) is 0.942. The summed E-state index contributed by atoms with van der Waals surface area (Å²) in [6.45, 7) is 0. The highest BCUT2D eigenvalue weighted by molar-refractivity contribution is 6.82. The second kappa shape index (κ2) is 5.41. The van der Waals surface area contributed by atoms with Gasteiger partial charge in [0.15, 0.2) is 0 Å². The van der Waals surface area contributed by atoms with Crippen LogP contribution in [-0.2, 0) is 9.53 Å². The van der Waals surface area contributed by atoms with E-state index in [1.165, 1.54) is 0 Å². The Balaban J connectivity index is 2.81. The van der Waals surface area contributed by atoms with Crippen molar-refractivity contribution in [3.63, 3.8) is 0 Å². The Labute approximate surface area is 94.9 Å². The lowest BCUT2D eigenvalue weighted by Gasteiger charge is -2.02. The van der Waals surface area contributed by atoms with Crippen molar-refractivity contribution in [1.82, 2.24) is 0 Å². The minimum Gasteiger partial charge on any atom is -0.464 e. The third-order valence-electron chi connectivity index (χ3n) is 1.56. The molecular formula is C9H7ClF2N2O2. The first-order valence-corrected chi connectivity index (χ1v) is 4.45. The standard InChI is InChI=1S/C9H7ClF2N2O2/c1-16-9(15)8(10)14-13-7-4-5(11)2-3-6(7)12/h2-4,13H,1H3/b14-8+. The first-order valence-electron chi connectivity index (χ1n) is 4.07. The number of halogens is 3. The van der Waals surface area contributed by atoms with E-state index in [2.05, 4.69) is 15.3 Å². The Kier molecular flexibility index (Phi) is 4.19. The number of ether oxygens (including phenoxy) is 1. The van der Waals surface area contributed by atoms with Gasteiger partial charge in [-0.15, -0.1) is 0 Å². The van der Waals surface area contributed by atoms with Gasteiger partial charge < -0.3 is 4.74 Å². The van der Waals surface area contributed by atoms with Gasteiger partial charge in [0.05, 0.1) is 12.8 Å². The smallest absolute Gasteiger partial charge is 0.370 e. The summed E-state index contributed by atoms with van der Waals surface area (Å²) in [7, 11) is 1.11. The lowest BCUT2D eigenvalue weighted by Crippen LogP contribution is -2.11. The monoisotopic (exact) mass is 248 g/mol. The largest absolute Gasteiger partial charge is 0.464 e. The van der Waals surface area contributed by atoms with Crippen molar-refractivity contribution in [2.24, 2.45) is 5.10 Å². The predicted molar refractivity (Wildman–Crippen MR) is 55.3 cm³/mol. The summed E-state index contributed by atoms with van der Waals surface area (Å²) in [5.74, 6) is -2.25. The topological polar surface area (TPSA) is 50.7 Å². The van der Waals surface area contributed by atoms with Crippen LogP contribution in [0.15, 0.2) is 23.3 Å². The molecule has 86 valence electrons. The van der Waals surface area contributed by atoms with Crippen LogP contribution in [-0.4, -0.2) is 18.2 Å². The maximum atomic E-state index is 13.0. The molecule has 1 rings (SSSR count).